The second-order valence-electron chi connectivity index (χ2n) is 11.7. The monoisotopic (exact) mass is 680 g/mol. The van der Waals surface area contributed by atoms with E-state index in [-0.39, 0.29) is 17.7 Å². The van der Waals surface area contributed by atoms with Gasteiger partial charge in [0.2, 0.25) is 0 Å². The first-order valence-corrected chi connectivity index (χ1v) is 15.2. The summed E-state index contributed by atoms with van der Waals surface area (Å²) in [6.45, 7) is 1.86. The average Bonchev–Trinajstić information content (AvgIpc) is 3.75. The molecule has 16 heteroatoms. The van der Waals surface area contributed by atoms with Crippen molar-refractivity contribution in [2.24, 2.45) is 11.7 Å². The minimum Gasteiger partial charge on any atom is -0.475 e. The molecule has 4 aromatic rings. The van der Waals surface area contributed by atoms with Crippen LogP contribution in [0.25, 0.3) is 17.0 Å². The van der Waals surface area contributed by atoms with Crippen LogP contribution >= 0.6 is 0 Å². The Kier molecular flexibility index (Phi) is 10.2. The van der Waals surface area contributed by atoms with Gasteiger partial charge in [0.1, 0.15) is 5.75 Å². The Morgan fingerprint density at radius 3 is 2.31 bits per heavy atom. The van der Waals surface area contributed by atoms with Gasteiger partial charge in [-0.2, -0.15) is 18.3 Å². The molecule has 0 spiro atoms. The van der Waals surface area contributed by atoms with Crippen molar-refractivity contribution in [3.63, 3.8) is 0 Å². The summed E-state index contributed by atoms with van der Waals surface area (Å²) >= 11 is 0. The third kappa shape index (κ3) is 8.59. The van der Waals surface area contributed by atoms with Crippen molar-refractivity contribution >= 4 is 17.7 Å². The van der Waals surface area contributed by atoms with E-state index in [1.165, 1.54) is 30.0 Å². The van der Waals surface area contributed by atoms with Crippen molar-refractivity contribution in [1.29, 1.82) is 0 Å². The number of nitrogens with two attached hydrogens (primary N) is 1. The number of piperidine rings is 1. The Bertz CT molecular complexity index is 1630. The summed E-state index contributed by atoms with van der Waals surface area (Å²) < 4.78 is 81.0. The van der Waals surface area contributed by atoms with Crippen molar-refractivity contribution in [3.8, 4) is 22.8 Å². The fourth-order valence-electron chi connectivity index (χ4n) is 6.25. The van der Waals surface area contributed by atoms with Gasteiger partial charge in [-0.25, -0.2) is 14.5 Å². The molecule has 1 saturated heterocycles. The molecule has 2 aromatic carbocycles. The number of anilines is 2. The molecule has 258 valence electrons. The van der Waals surface area contributed by atoms with E-state index in [2.05, 4.69) is 49.3 Å². The summed E-state index contributed by atoms with van der Waals surface area (Å²) in [4.78, 5) is 15.7. The number of nitrogens with one attached hydrogen (secondary N) is 1. The van der Waals surface area contributed by atoms with Crippen LogP contribution in [0.2, 0.25) is 0 Å². The van der Waals surface area contributed by atoms with E-state index in [1.54, 1.807) is 12.4 Å². The number of aliphatic carboxylic acids is 1. The van der Waals surface area contributed by atoms with Crippen LogP contribution in [0.3, 0.4) is 0 Å². The van der Waals surface area contributed by atoms with Gasteiger partial charge >= 0.3 is 18.5 Å². The highest BCUT2D eigenvalue weighted by Crippen LogP contribution is 2.40. The summed E-state index contributed by atoms with van der Waals surface area (Å²) in [6, 6.07) is 16.3. The number of ether oxygens (including phenoxy) is 1. The lowest BCUT2D eigenvalue weighted by atomic mass is 9.67. The molecule has 1 aliphatic heterocycles. The number of aromatic nitrogens is 3. The Balaban J connectivity index is 0.000000582. The quantitative estimate of drug-likeness (QED) is 0.176. The summed E-state index contributed by atoms with van der Waals surface area (Å²) in [5.41, 5.74) is 9.63. The number of halogens is 6. The number of carbonyl (C=O) groups is 1. The first kappa shape index (κ1) is 34.6. The van der Waals surface area contributed by atoms with Gasteiger partial charge in [0.05, 0.1) is 11.9 Å². The molecule has 0 amide bonds. The molecule has 48 heavy (non-hydrogen) atoms. The lowest BCUT2D eigenvalue weighted by Gasteiger charge is -2.50. The number of carboxylic acid groups (broad SMARTS) is 1. The summed E-state index contributed by atoms with van der Waals surface area (Å²) in [5, 5.41) is 14.9. The fraction of sp³-hybridized carbons (Fsp3) is 0.406. The second kappa shape index (κ2) is 14.2. The molecular formula is C32H34F6N6O4. The molecule has 0 radical (unpaired) electrons. The van der Waals surface area contributed by atoms with Crippen molar-refractivity contribution < 1.29 is 45.4 Å². The first-order valence-electron chi connectivity index (χ1n) is 15.2. The highest BCUT2D eigenvalue weighted by molar-refractivity contribution is 5.73. The third-order valence-corrected chi connectivity index (χ3v) is 8.58. The van der Waals surface area contributed by atoms with E-state index in [0.717, 1.165) is 57.3 Å². The maximum atomic E-state index is 12.5. The van der Waals surface area contributed by atoms with Gasteiger partial charge in [-0.3, -0.25) is 0 Å². The number of benzene rings is 2. The zero-order chi connectivity index (χ0) is 34.5. The molecule has 3 atom stereocenters. The summed E-state index contributed by atoms with van der Waals surface area (Å²) in [6.07, 6.45) is 1.53. The fourth-order valence-corrected chi connectivity index (χ4v) is 6.25. The SMILES string of the molecule is NC1([C@H]2CCCN(c3ccc(-n4cccn4)cc3)C2)CCCCC1Nc1ncc(-c2ccc(OC(F)(F)F)cc2)o1.O=C(O)C(F)(F)F. The highest BCUT2D eigenvalue weighted by atomic mass is 19.4. The molecule has 3 heterocycles. The first-order chi connectivity index (χ1) is 22.7. The van der Waals surface area contributed by atoms with Crippen molar-refractivity contribution in [1.82, 2.24) is 14.8 Å². The van der Waals surface area contributed by atoms with Crippen molar-refractivity contribution in [2.75, 3.05) is 23.3 Å². The zero-order valence-corrected chi connectivity index (χ0v) is 25.5. The molecule has 2 unspecified atom stereocenters. The molecule has 10 nitrogen and oxygen atoms in total. The predicted molar refractivity (Wildman–Crippen MR) is 164 cm³/mol. The van der Waals surface area contributed by atoms with Crippen LogP contribution in [0.1, 0.15) is 38.5 Å². The molecular weight excluding hydrogens is 646 g/mol. The van der Waals surface area contributed by atoms with Gasteiger partial charge in [-0.15, -0.1) is 13.2 Å². The van der Waals surface area contributed by atoms with Gasteiger partial charge in [-0.05, 0) is 86.2 Å². The summed E-state index contributed by atoms with van der Waals surface area (Å²) in [7, 11) is 0. The van der Waals surface area contributed by atoms with Crippen LogP contribution in [-0.4, -0.2) is 63.0 Å². The van der Waals surface area contributed by atoms with Gasteiger partial charge in [-0.1, -0.05) is 12.8 Å². The number of hydrogen-bond acceptors (Lipinski definition) is 8. The Morgan fingerprint density at radius 2 is 1.69 bits per heavy atom. The number of alkyl halides is 6. The van der Waals surface area contributed by atoms with Gasteiger partial charge < -0.3 is 30.2 Å². The van der Waals surface area contributed by atoms with Crippen LogP contribution in [0, 0.1) is 5.92 Å². The molecule has 2 aliphatic rings. The molecule has 6 rings (SSSR count). The smallest absolute Gasteiger partial charge is 0.475 e. The number of rotatable bonds is 7. The van der Waals surface area contributed by atoms with E-state index < -0.39 is 24.0 Å². The maximum Gasteiger partial charge on any atom is 0.573 e. The normalized spacial score (nSPS) is 21.6. The Hall–Kier alpha value is -4.73. The van der Waals surface area contributed by atoms with E-state index in [4.69, 9.17) is 20.1 Å². The Morgan fingerprint density at radius 1 is 1.00 bits per heavy atom. The number of carboxylic acids is 1. The van der Waals surface area contributed by atoms with Crippen LogP contribution in [-0.2, 0) is 4.79 Å². The van der Waals surface area contributed by atoms with Gasteiger partial charge in [0, 0.05) is 48.3 Å². The Labute approximate surface area is 271 Å². The summed E-state index contributed by atoms with van der Waals surface area (Å²) in [5.74, 6) is -2.31. The minimum atomic E-state index is -5.08. The molecule has 0 bridgehead atoms. The predicted octanol–water partition coefficient (Wildman–Crippen LogP) is 7.03. The molecule has 1 aliphatic carbocycles. The van der Waals surface area contributed by atoms with E-state index in [1.807, 2.05) is 16.9 Å². The van der Waals surface area contributed by atoms with E-state index >= 15 is 0 Å². The topological polar surface area (TPSA) is 132 Å². The van der Waals surface area contributed by atoms with Gasteiger partial charge in [0.15, 0.2) is 5.76 Å². The standard InChI is InChI=1S/C30H33F3N6O2.C2HF3O2/c31-30(32,33)41-25-13-7-21(8-14-25)26-19-35-28(40-26)37-27-6-1-2-15-29(27,34)22-5-3-17-38(20-22)23-9-11-24(12-10-23)39-18-4-16-36-39;3-2(4,5)1(6)7/h4,7-14,16,18-19,22,27H,1-3,5-6,15,17,20,34H2,(H,35,37);(H,6,7)/t22-,27?,29?;/m0./s1. The van der Waals surface area contributed by atoms with Crippen molar-refractivity contribution in [2.45, 2.75) is 62.6 Å². The third-order valence-electron chi connectivity index (χ3n) is 8.58. The largest absolute Gasteiger partial charge is 0.573 e. The number of hydrogen-bond donors (Lipinski definition) is 3. The van der Waals surface area contributed by atoms with Crippen LogP contribution < -0.4 is 20.7 Å². The van der Waals surface area contributed by atoms with Crippen molar-refractivity contribution in [3.05, 3.63) is 73.2 Å². The number of nitrogens with zero attached hydrogens (tertiary/aromatic N) is 4. The van der Waals surface area contributed by atoms with Crippen LogP contribution in [0.4, 0.5) is 38.0 Å². The highest BCUT2D eigenvalue weighted by Gasteiger charge is 2.45. The molecule has 2 fully saturated rings. The zero-order valence-electron chi connectivity index (χ0n) is 25.5. The molecule has 2 aromatic heterocycles. The van der Waals surface area contributed by atoms with E-state index in [0.29, 0.717) is 17.3 Å². The minimum absolute atomic E-state index is 0.0162. The van der Waals surface area contributed by atoms with Gasteiger partial charge in [0.25, 0.3) is 6.01 Å². The maximum absolute atomic E-state index is 12.5. The van der Waals surface area contributed by atoms with E-state index in [9.17, 15) is 26.3 Å². The average molecular weight is 681 g/mol. The molecule has 1 saturated carbocycles. The lowest BCUT2D eigenvalue weighted by molar-refractivity contribution is -0.274. The molecule has 4 N–H and O–H groups in total. The second-order valence-corrected chi connectivity index (χ2v) is 11.7. The van der Waals surface area contributed by atoms with Crippen LogP contribution in [0.15, 0.2) is 77.6 Å². The number of oxazole rings is 1. The van der Waals surface area contributed by atoms with Crippen LogP contribution in [0.5, 0.6) is 5.75 Å². The lowest BCUT2D eigenvalue weighted by Crippen LogP contribution is -2.63.